The van der Waals surface area contributed by atoms with Crippen LogP contribution in [-0.4, -0.2) is 34.1 Å². The Bertz CT molecular complexity index is 424. The number of nitro groups is 1. The molecular weight excluding hydrogens is 214 g/mol. The molecule has 2 rings (SSSR count). The van der Waals surface area contributed by atoms with Gasteiger partial charge >= 0.3 is 5.69 Å². The lowest BCUT2D eigenvalue weighted by Gasteiger charge is -2.06. The summed E-state index contributed by atoms with van der Waals surface area (Å²) < 4.78 is 4.81. The fourth-order valence-electron chi connectivity index (χ4n) is 1.34. The second kappa shape index (κ2) is 3.89. The van der Waals surface area contributed by atoms with Gasteiger partial charge in [0, 0.05) is 12.1 Å². The lowest BCUT2D eigenvalue weighted by Crippen LogP contribution is -2.15. The molecule has 0 radical (unpaired) electrons. The molecule has 1 aliphatic carbocycles. The minimum Gasteiger partial charge on any atom is -0.476 e. The average Bonchev–Trinajstić information content (AvgIpc) is 2.93. The molecule has 1 aromatic rings. The number of nitrogens with zero attached hydrogens (tertiary/aromatic N) is 3. The van der Waals surface area contributed by atoms with Crippen molar-refractivity contribution in [1.82, 2.24) is 9.97 Å². The molecule has 0 spiro atoms. The molecule has 16 heavy (non-hydrogen) atoms. The fourth-order valence-corrected chi connectivity index (χ4v) is 1.34. The quantitative estimate of drug-likeness (QED) is 0.543. The topological polar surface area (TPSA) is 116 Å². The molecule has 1 aliphatic rings. The standard InChI is InChI=1S/C8H11N5O3/c1-16-8-6(13(14)15)7(10-3-11-8)12-5-2-4(5)9/h3-5H,2,9H2,1H3,(H,10,11,12). The Morgan fingerprint density at radius 3 is 2.88 bits per heavy atom. The van der Waals surface area contributed by atoms with Gasteiger partial charge in [-0.15, -0.1) is 0 Å². The van der Waals surface area contributed by atoms with Crippen molar-refractivity contribution >= 4 is 11.5 Å². The summed E-state index contributed by atoms with van der Waals surface area (Å²) in [4.78, 5) is 17.8. The molecule has 0 amide bonds. The molecule has 1 heterocycles. The van der Waals surface area contributed by atoms with Gasteiger partial charge in [-0.2, -0.15) is 4.98 Å². The van der Waals surface area contributed by atoms with Gasteiger partial charge in [-0.05, 0) is 6.42 Å². The third kappa shape index (κ3) is 1.87. The van der Waals surface area contributed by atoms with Crippen LogP contribution in [0.15, 0.2) is 6.33 Å². The van der Waals surface area contributed by atoms with Gasteiger partial charge in [0.25, 0.3) is 5.88 Å². The highest BCUT2D eigenvalue weighted by Crippen LogP contribution is 2.33. The predicted molar refractivity (Wildman–Crippen MR) is 55.2 cm³/mol. The van der Waals surface area contributed by atoms with Gasteiger partial charge in [-0.1, -0.05) is 0 Å². The van der Waals surface area contributed by atoms with Crippen molar-refractivity contribution in [3.05, 3.63) is 16.4 Å². The van der Waals surface area contributed by atoms with Crippen molar-refractivity contribution in [3.63, 3.8) is 0 Å². The number of nitrogens with one attached hydrogen (secondary N) is 1. The monoisotopic (exact) mass is 225 g/mol. The zero-order valence-corrected chi connectivity index (χ0v) is 8.58. The lowest BCUT2D eigenvalue weighted by atomic mass is 10.4. The number of aromatic nitrogens is 2. The first kappa shape index (κ1) is 10.6. The highest BCUT2D eigenvalue weighted by molar-refractivity contribution is 5.62. The number of anilines is 1. The first-order valence-electron chi connectivity index (χ1n) is 4.69. The van der Waals surface area contributed by atoms with Crippen molar-refractivity contribution in [1.29, 1.82) is 0 Å². The van der Waals surface area contributed by atoms with Crippen molar-refractivity contribution in [2.75, 3.05) is 12.4 Å². The zero-order valence-electron chi connectivity index (χ0n) is 8.58. The Labute approximate surface area is 91.0 Å². The molecule has 86 valence electrons. The summed E-state index contributed by atoms with van der Waals surface area (Å²) >= 11 is 0. The van der Waals surface area contributed by atoms with E-state index >= 15 is 0 Å². The number of methoxy groups -OCH3 is 1. The van der Waals surface area contributed by atoms with Crippen LogP contribution >= 0.6 is 0 Å². The third-order valence-electron chi connectivity index (χ3n) is 2.33. The molecule has 2 unspecified atom stereocenters. The lowest BCUT2D eigenvalue weighted by molar-refractivity contribution is -0.385. The van der Waals surface area contributed by atoms with E-state index in [1.165, 1.54) is 13.4 Å². The summed E-state index contributed by atoms with van der Waals surface area (Å²) in [6, 6.07) is 0.0684. The summed E-state index contributed by atoms with van der Waals surface area (Å²) in [7, 11) is 1.32. The Hall–Kier alpha value is -1.96. The van der Waals surface area contributed by atoms with Crippen molar-refractivity contribution in [2.45, 2.75) is 18.5 Å². The van der Waals surface area contributed by atoms with E-state index in [9.17, 15) is 10.1 Å². The Morgan fingerprint density at radius 1 is 1.69 bits per heavy atom. The first-order valence-corrected chi connectivity index (χ1v) is 4.69. The smallest absolute Gasteiger partial charge is 0.372 e. The number of rotatable bonds is 4. The van der Waals surface area contributed by atoms with Crippen LogP contribution in [0.5, 0.6) is 5.88 Å². The number of ether oxygens (including phenoxy) is 1. The minimum atomic E-state index is -0.574. The Kier molecular flexibility index (Phi) is 2.57. The Balaban J connectivity index is 2.31. The highest BCUT2D eigenvalue weighted by atomic mass is 16.6. The van der Waals surface area contributed by atoms with Gasteiger partial charge in [0.05, 0.1) is 12.0 Å². The van der Waals surface area contributed by atoms with E-state index in [0.29, 0.717) is 0 Å². The van der Waals surface area contributed by atoms with Crippen LogP contribution in [0.25, 0.3) is 0 Å². The molecule has 0 aliphatic heterocycles. The van der Waals surface area contributed by atoms with Crippen molar-refractivity contribution in [3.8, 4) is 5.88 Å². The van der Waals surface area contributed by atoms with Crippen LogP contribution in [0.4, 0.5) is 11.5 Å². The van der Waals surface area contributed by atoms with Crippen LogP contribution in [0.1, 0.15) is 6.42 Å². The summed E-state index contributed by atoms with van der Waals surface area (Å²) in [5.74, 6) is 0.0894. The van der Waals surface area contributed by atoms with E-state index in [4.69, 9.17) is 10.5 Å². The number of hydrogen-bond donors (Lipinski definition) is 2. The van der Waals surface area contributed by atoms with Crippen LogP contribution in [0, 0.1) is 10.1 Å². The maximum absolute atomic E-state index is 10.9. The fraction of sp³-hybridized carbons (Fsp3) is 0.500. The van der Waals surface area contributed by atoms with Crippen LogP contribution in [-0.2, 0) is 0 Å². The predicted octanol–water partition coefficient (Wildman–Crippen LogP) is -0.0951. The van der Waals surface area contributed by atoms with E-state index in [1.54, 1.807) is 0 Å². The summed E-state index contributed by atoms with van der Waals surface area (Å²) in [5.41, 5.74) is 5.34. The van der Waals surface area contributed by atoms with Crippen LogP contribution in [0.2, 0.25) is 0 Å². The molecule has 8 heteroatoms. The summed E-state index contributed by atoms with van der Waals surface area (Å²) in [6.07, 6.45) is 1.99. The molecule has 1 saturated carbocycles. The minimum absolute atomic E-state index is 0.0283. The van der Waals surface area contributed by atoms with Crippen LogP contribution < -0.4 is 15.8 Å². The van der Waals surface area contributed by atoms with Gasteiger partial charge in [0.2, 0.25) is 5.82 Å². The number of hydrogen-bond acceptors (Lipinski definition) is 7. The van der Waals surface area contributed by atoms with Gasteiger partial charge < -0.3 is 15.8 Å². The molecule has 2 atom stereocenters. The maximum atomic E-state index is 10.9. The number of nitrogens with two attached hydrogens (primary N) is 1. The zero-order chi connectivity index (χ0) is 11.7. The molecule has 1 fully saturated rings. The second-order valence-corrected chi connectivity index (χ2v) is 3.49. The van der Waals surface area contributed by atoms with E-state index in [0.717, 1.165) is 6.42 Å². The first-order chi connectivity index (χ1) is 7.63. The molecule has 8 nitrogen and oxygen atoms in total. The average molecular weight is 225 g/mol. The van der Waals surface area contributed by atoms with Crippen molar-refractivity contribution < 1.29 is 9.66 Å². The van der Waals surface area contributed by atoms with E-state index in [-0.39, 0.29) is 29.5 Å². The molecule has 3 N–H and O–H groups in total. The largest absolute Gasteiger partial charge is 0.476 e. The molecular formula is C8H11N5O3. The molecule has 0 aromatic carbocycles. The van der Waals surface area contributed by atoms with Gasteiger partial charge in [0.15, 0.2) is 0 Å². The van der Waals surface area contributed by atoms with Crippen molar-refractivity contribution in [2.24, 2.45) is 5.73 Å². The molecule has 0 saturated heterocycles. The Morgan fingerprint density at radius 2 is 2.38 bits per heavy atom. The van der Waals surface area contributed by atoms with E-state index in [2.05, 4.69) is 15.3 Å². The van der Waals surface area contributed by atoms with Gasteiger partial charge in [0.1, 0.15) is 6.33 Å². The molecule has 1 aromatic heterocycles. The SMILES string of the molecule is COc1ncnc(NC2CC2N)c1[N+](=O)[O-]. The van der Waals surface area contributed by atoms with E-state index in [1.807, 2.05) is 0 Å². The summed E-state index contributed by atoms with van der Waals surface area (Å²) in [6.45, 7) is 0. The van der Waals surface area contributed by atoms with E-state index < -0.39 is 4.92 Å². The molecule has 0 bridgehead atoms. The second-order valence-electron chi connectivity index (χ2n) is 3.49. The van der Waals surface area contributed by atoms with Gasteiger partial charge in [-0.3, -0.25) is 10.1 Å². The maximum Gasteiger partial charge on any atom is 0.372 e. The normalized spacial score (nSPS) is 22.6. The highest BCUT2D eigenvalue weighted by Gasteiger charge is 2.36. The third-order valence-corrected chi connectivity index (χ3v) is 2.33. The van der Waals surface area contributed by atoms with Crippen LogP contribution in [0.3, 0.4) is 0 Å². The van der Waals surface area contributed by atoms with Gasteiger partial charge in [-0.25, -0.2) is 4.98 Å². The summed E-state index contributed by atoms with van der Waals surface area (Å²) in [5, 5.41) is 13.8.